The van der Waals surface area contributed by atoms with Crippen molar-refractivity contribution in [3.8, 4) is 0 Å². The largest absolute Gasteiger partial charge is 0.379 e. The van der Waals surface area contributed by atoms with Crippen molar-refractivity contribution in [1.29, 1.82) is 0 Å². The molecule has 1 aliphatic heterocycles. The quantitative estimate of drug-likeness (QED) is 0.835. The van der Waals surface area contributed by atoms with Gasteiger partial charge in [-0.15, -0.1) is 0 Å². The topological polar surface area (TPSA) is 58.9 Å². The average molecular weight is 383 g/mol. The Labute approximate surface area is 166 Å². The van der Waals surface area contributed by atoms with Crippen molar-refractivity contribution in [2.24, 2.45) is 17.8 Å². The number of hydrogen-bond acceptors (Lipinski definition) is 4. The molecule has 150 valence electrons. The van der Waals surface area contributed by atoms with Crippen molar-refractivity contribution < 1.29 is 9.53 Å². The number of carbonyl (C=O) groups excluding carboxylic acids is 1. The number of aromatic nitrogens is 2. The van der Waals surface area contributed by atoms with Crippen LogP contribution in [0.2, 0.25) is 0 Å². The summed E-state index contributed by atoms with van der Waals surface area (Å²) in [5.41, 5.74) is 2.51. The maximum Gasteiger partial charge on any atom is 0.268 e. The van der Waals surface area contributed by atoms with Gasteiger partial charge in [-0.2, -0.15) is 0 Å². The highest BCUT2D eigenvalue weighted by Crippen LogP contribution is 2.49. The lowest BCUT2D eigenvalue weighted by molar-refractivity contribution is 0.0337. The van der Waals surface area contributed by atoms with E-state index in [0.29, 0.717) is 5.69 Å². The molecule has 3 heterocycles. The van der Waals surface area contributed by atoms with Crippen molar-refractivity contribution in [2.75, 3.05) is 32.8 Å². The Morgan fingerprint density at radius 1 is 1.21 bits per heavy atom. The average Bonchev–Trinajstić information content (AvgIpc) is 3.43. The van der Waals surface area contributed by atoms with Crippen molar-refractivity contribution in [1.82, 2.24) is 19.6 Å². The van der Waals surface area contributed by atoms with Crippen LogP contribution in [0, 0.1) is 17.8 Å². The molecule has 3 unspecified atom stereocenters. The predicted octanol–water partition coefficient (Wildman–Crippen LogP) is 2.72. The highest BCUT2D eigenvalue weighted by Gasteiger charge is 2.38. The molecule has 2 aliphatic carbocycles. The standard InChI is InChI=1S/C22H30N4O2/c27-22(23-7-6-18-13-16-4-5-17(18)12-16)20-2-1-3-21-24-19(15-26(20)21)14-25-8-10-28-11-9-25/h1-3,15-18H,4-14H2,(H,23,27). The van der Waals surface area contributed by atoms with Gasteiger partial charge in [0.05, 0.1) is 18.9 Å². The van der Waals surface area contributed by atoms with Gasteiger partial charge in [-0.1, -0.05) is 12.5 Å². The minimum absolute atomic E-state index is 0.00378. The molecular formula is C22H30N4O2. The monoisotopic (exact) mass is 382 g/mol. The van der Waals surface area contributed by atoms with E-state index in [2.05, 4.69) is 10.2 Å². The zero-order valence-electron chi connectivity index (χ0n) is 16.5. The van der Waals surface area contributed by atoms with E-state index >= 15 is 0 Å². The summed E-state index contributed by atoms with van der Waals surface area (Å²) in [6.45, 7) is 5.01. The third-order valence-corrected chi connectivity index (χ3v) is 6.95. The fourth-order valence-electron chi connectivity index (χ4n) is 5.50. The van der Waals surface area contributed by atoms with Gasteiger partial charge in [0.15, 0.2) is 0 Å². The first kappa shape index (κ1) is 18.1. The van der Waals surface area contributed by atoms with Crippen LogP contribution in [-0.2, 0) is 11.3 Å². The van der Waals surface area contributed by atoms with E-state index in [0.717, 1.165) is 74.9 Å². The van der Waals surface area contributed by atoms with Crippen LogP contribution in [0.15, 0.2) is 24.4 Å². The molecule has 5 rings (SSSR count). The SMILES string of the molecule is O=C(NCCC1CC2CCC1C2)c1cccc2nc(CN3CCOCC3)cn12. The van der Waals surface area contributed by atoms with E-state index in [1.54, 1.807) is 0 Å². The van der Waals surface area contributed by atoms with E-state index in [1.165, 1.54) is 25.7 Å². The third kappa shape index (κ3) is 3.67. The molecule has 1 N–H and O–H groups in total. The van der Waals surface area contributed by atoms with Gasteiger partial charge in [0, 0.05) is 32.4 Å². The van der Waals surface area contributed by atoms with E-state index in [4.69, 9.17) is 9.72 Å². The summed E-state index contributed by atoms with van der Waals surface area (Å²) in [7, 11) is 0. The summed E-state index contributed by atoms with van der Waals surface area (Å²) in [6, 6.07) is 5.78. The van der Waals surface area contributed by atoms with Gasteiger partial charge in [0.25, 0.3) is 5.91 Å². The van der Waals surface area contributed by atoms with E-state index < -0.39 is 0 Å². The van der Waals surface area contributed by atoms with Crippen LogP contribution in [0.25, 0.3) is 5.65 Å². The van der Waals surface area contributed by atoms with Crippen LogP contribution in [-0.4, -0.2) is 53.0 Å². The number of hydrogen-bond donors (Lipinski definition) is 1. The Bertz CT molecular complexity index is 842. The maximum atomic E-state index is 12.8. The Morgan fingerprint density at radius 2 is 2.11 bits per heavy atom. The first-order valence-electron chi connectivity index (χ1n) is 10.8. The number of nitrogens with one attached hydrogen (secondary N) is 1. The molecule has 0 radical (unpaired) electrons. The second kappa shape index (κ2) is 7.84. The van der Waals surface area contributed by atoms with Crippen LogP contribution in [0.3, 0.4) is 0 Å². The molecule has 0 aromatic carbocycles. The number of morpholine rings is 1. The van der Waals surface area contributed by atoms with Crippen molar-refractivity contribution in [3.05, 3.63) is 35.8 Å². The van der Waals surface area contributed by atoms with E-state index in [1.807, 2.05) is 28.8 Å². The molecule has 6 heteroatoms. The van der Waals surface area contributed by atoms with Crippen molar-refractivity contribution in [3.63, 3.8) is 0 Å². The Kier molecular flexibility index (Phi) is 5.07. The molecule has 6 nitrogen and oxygen atoms in total. The number of imidazole rings is 1. The minimum atomic E-state index is 0.00378. The van der Waals surface area contributed by atoms with Gasteiger partial charge >= 0.3 is 0 Å². The molecule has 1 saturated heterocycles. The molecule has 28 heavy (non-hydrogen) atoms. The molecule has 2 aromatic rings. The zero-order valence-corrected chi connectivity index (χ0v) is 16.5. The second-order valence-electron chi connectivity index (χ2n) is 8.74. The number of nitrogens with zero attached hydrogens (tertiary/aromatic N) is 3. The van der Waals surface area contributed by atoms with Crippen LogP contribution in [0.4, 0.5) is 0 Å². The van der Waals surface area contributed by atoms with E-state index in [-0.39, 0.29) is 5.91 Å². The number of fused-ring (bicyclic) bond motifs is 3. The Morgan fingerprint density at radius 3 is 2.89 bits per heavy atom. The first-order valence-corrected chi connectivity index (χ1v) is 10.8. The van der Waals surface area contributed by atoms with Crippen LogP contribution in [0.5, 0.6) is 0 Å². The summed E-state index contributed by atoms with van der Waals surface area (Å²) in [5.74, 6) is 2.71. The molecule has 3 aliphatic rings. The van der Waals surface area contributed by atoms with Crippen molar-refractivity contribution >= 4 is 11.6 Å². The van der Waals surface area contributed by atoms with Gasteiger partial charge in [0.2, 0.25) is 0 Å². The molecule has 3 atom stereocenters. The predicted molar refractivity (Wildman–Crippen MR) is 107 cm³/mol. The number of ether oxygens (including phenoxy) is 1. The lowest BCUT2D eigenvalue weighted by Gasteiger charge is -2.25. The summed E-state index contributed by atoms with van der Waals surface area (Å²) < 4.78 is 7.35. The van der Waals surface area contributed by atoms with Crippen molar-refractivity contribution in [2.45, 2.75) is 38.6 Å². The summed E-state index contributed by atoms with van der Waals surface area (Å²) in [4.78, 5) is 19.9. The van der Waals surface area contributed by atoms with Crippen LogP contribution in [0.1, 0.15) is 48.3 Å². The molecule has 1 amide bonds. The third-order valence-electron chi connectivity index (χ3n) is 6.95. The smallest absolute Gasteiger partial charge is 0.268 e. The zero-order chi connectivity index (χ0) is 18.9. The molecular weight excluding hydrogens is 352 g/mol. The van der Waals surface area contributed by atoms with Gasteiger partial charge in [0.1, 0.15) is 11.3 Å². The lowest BCUT2D eigenvalue weighted by atomic mass is 9.86. The number of amides is 1. The number of rotatable bonds is 6. The maximum absolute atomic E-state index is 12.8. The molecule has 2 bridgehead atoms. The summed E-state index contributed by atoms with van der Waals surface area (Å²) >= 11 is 0. The lowest BCUT2D eigenvalue weighted by Crippen LogP contribution is -2.35. The normalized spacial score (nSPS) is 27.5. The minimum Gasteiger partial charge on any atom is -0.379 e. The molecule has 2 aromatic heterocycles. The Hall–Kier alpha value is -1.92. The molecule has 3 fully saturated rings. The first-order chi connectivity index (χ1) is 13.8. The van der Waals surface area contributed by atoms with Gasteiger partial charge in [-0.3, -0.25) is 14.1 Å². The molecule has 2 saturated carbocycles. The van der Waals surface area contributed by atoms with E-state index in [9.17, 15) is 4.79 Å². The fraction of sp³-hybridized carbons (Fsp3) is 0.636. The van der Waals surface area contributed by atoms with Crippen LogP contribution >= 0.6 is 0 Å². The highest BCUT2D eigenvalue weighted by atomic mass is 16.5. The number of carbonyl (C=O) groups is 1. The highest BCUT2D eigenvalue weighted by molar-refractivity contribution is 5.93. The second-order valence-corrected chi connectivity index (χ2v) is 8.74. The summed E-state index contributed by atoms with van der Waals surface area (Å²) in [5, 5.41) is 3.15. The van der Waals surface area contributed by atoms with Gasteiger partial charge < -0.3 is 10.1 Å². The van der Waals surface area contributed by atoms with Gasteiger partial charge in [-0.05, 0) is 55.6 Å². The van der Waals surface area contributed by atoms with Gasteiger partial charge in [-0.25, -0.2) is 4.98 Å². The number of pyridine rings is 1. The summed E-state index contributed by atoms with van der Waals surface area (Å²) in [6.07, 6.45) is 8.78. The Balaban J connectivity index is 1.22. The molecule has 0 spiro atoms. The van der Waals surface area contributed by atoms with Crippen LogP contribution < -0.4 is 5.32 Å². The fourth-order valence-corrected chi connectivity index (χ4v) is 5.50.